The van der Waals surface area contributed by atoms with Crippen LogP contribution in [0.25, 0.3) is 0 Å². The molecule has 0 bridgehead atoms. The third kappa shape index (κ3) is 3.87. The highest BCUT2D eigenvalue weighted by Crippen LogP contribution is 2.24. The molecule has 2 amide bonds. The van der Waals surface area contributed by atoms with Crippen LogP contribution in [0.4, 0.5) is 10.5 Å². The summed E-state index contributed by atoms with van der Waals surface area (Å²) in [6.45, 7) is 0. The van der Waals surface area contributed by atoms with Crippen LogP contribution in [0.5, 0.6) is 0 Å². The van der Waals surface area contributed by atoms with Gasteiger partial charge in [0.2, 0.25) is 0 Å². The minimum absolute atomic E-state index is 0.171. The quantitative estimate of drug-likeness (QED) is 0.787. The van der Waals surface area contributed by atoms with Crippen LogP contribution in [-0.2, 0) is 0 Å². The number of amides is 2. The minimum atomic E-state index is -1.00. The van der Waals surface area contributed by atoms with Crippen molar-refractivity contribution in [2.75, 3.05) is 16.8 Å². The summed E-state index contributed by atoms with van der Waals surface area (Å²) in [6.07, 6.45) is 0.983. The molecule has 1 heterocycles. The molecule has 1 fully saturated rings. The molecule has 0 saturated carbocycles. The number of benzene rings is 1. The van der Waals surface area contributed by atoms with Gasteiger partial charge in [0.15, 0.2) is 0 Å². The smallest absolute Gasteiger partial charge is 0.335 e. The Labute approximate surface area is 123 Å². The molecule has 1 aromatic carbocycles. The van der Waals surface area contributed by atoms with Gasteiger partial charge in [0.05, 0.1) is 11.3 Å². The second kappa shape index (κ2) is 6.29. The van der Waals surface area contributed by atoms with E-state index in [9.17, 15) is 9.59 Å². The molecular weight excluding hydrogens is 332 g/mol. The Bertz CT molecular complexity index is 504. The fraction of sp³-hybridized carbons (Fsp3) is 0.333. The summed E-state index contributed by atoms with van der Waals surface area (Å²) in [6, 6.07) is 4.42. The summed E-state index contributed by atoms with van der Waals surface area (Å²) in [4.78, 5) is 22.6. The highest BCUT2D eigenvalue weighted by molar-refractivity contribution is 9.10. The number of hydrogen-bond donors (Lipinski definition) is 3. The highest BCUT2D eigenvalue weighted by Gasteiger charge is 2.18. The van der Waals surface area contributed by atoms with E-state index >= 15 is 0 Å². The molecule has 1 aliphatic rings. The van der Waals surface area contributed by atoms with E-state index in [-0.39, 0.29) is 17.6 Å². The van der Waals surface area contributed by atoms with Crippen molar-refractivity contribution in [2.45, 2.75) is 12.5 Å². The Kier molecular flexibility index (Phi) is 4.71. The fourth-order valence-corrected chi connectivity index (χ4v) is 3.37. The molecule has 7 heteroatoms. The number of carbonyl (C=O) groups is 2. The topological polar surface area (TPSA) is 78.4 Å². The van der Waals surface area contributed by atoms with Crippen LogP contribution in [0.3, 0.4) is 0 Å². The zero-order chi connectivity index (χ0) is 13.8. The molecule has 1 unspecified atom stereocenters. The highest BCUT2D eigenvalue weighted by atomic mass is 79.9. The van der Waals surface area contributed by atoms with Gasteiger partial charge in [0.1, 0.15) is 0 Å². The van der Waals surface area contributed by atoms with Gasteiger partial charge in [0.25, 0.3) is 0 Å². The first-order valence-electron chi connectivity index (χ1n) is 5.74. The lowest BCUT2D eigenvalue weighted by Crippen LogP contribution is -2.37. The Morgan fingerprint density at radius 1 is 1.42 bits per heavy atom. The van der Waals surface area contributed by atoms with Crippen molar-refractivity contribution < 1.29 is 14.7 Å². The number of aromatic carboxylic acids is 1. The van der Waals surface area contributed by atoms with Crippen molar-refractivity contribution in [3.63, 3.8) is 0 Å². The molecule has 19 heavy (non-hydrogen) atoms. The van der Waals surface area contributed by atoms with E-state index in [1.807, 2.05) is 11.8 Å². The first kappa shape index (κ1) is 14.2. The fourth-order valence-electron chi connectivity index (χ4n) is 1.74. The number of urea groups is 1. The summed E-state index contributed by atoms with van der Waals surface area (Å²) < 4.78 is 0.545. The zero-order valence-corrected chi connectivity index (χ0v) is 12.4. The van der Waals surface area contributed by atoms with Gasteiger partial charge in [-0.2, -0.15) is 11.8 Å². The van der Waals surface area contributed by atoms with Crippen molar-refractivity contribution in [2.24, 2.45) is 0 Å². The number of anilines is 1. The molecule has 2 rings (SSSR count). The van der Waals surface area contributed by atoms with Gasteiger partial charge in [-0.3, -0.25) is 0 Å². The largest absolute Gasteiger partial charge is 0.478 e. The number of halogens is 1. The maximum Gasteiger partial charge on any atom is 0.335 e. The van der Waals surface area contributed by atoms with Gasteiger partial charge in [-0.15, -0.1) is 0 Å². The molecule has 1 atom stereocenters. The Morgan fingerprint density at radius 3 is 2.79 bits per heavy atom. The summed E-state index contributed by atoms with van der Waals surface area (Å²) in [5.74, 6) is 1.01. The first-order valence-corrected chi connectivity index (χ1v) is 7.69. The summed E-state index contributed by atoms with van der Waals surface area (Å²) in [7, 11) is 0. The number of thioether (sulfide) groups is 1. The molecule has 3 N–H and O–H groups in total. The molecule has 5 nitrogen and oxygen atoms in total. The van der Waals surface area contributed by atoms with Crippen LogP contribution >= 0.6 is 27.7 Å². The maximum absolute atomic E-state index is 11.8. The maximum atomic E-state index is 11.8. The van der Waals surface area contributed by atoms with E-state index < -0.39 is 5.97 Å². The second-order valence-electron chi connectivity index (χ2n) is 4.16. The minimum Gasteiger partial charge on any atom is -0.478 e. The average molecular weight is 345 g/mol. The van der Waals surface area contributed by atoms with Gasteiger partial charge in [0, 0.05) is 16.3 Å². The van der Waals surface area contributed by atoms with Gasteiger partial charge in [-0.25, -0.2) is 9.59 Å². The molecule has 1 aliphatic heterocycles. The Hall–Kier alpha value is -1.21. The van der Waals surface area contributed by atoms with Crippen LogP contribution < -0.4 is 10.6 Å². The van der Waals surface area contributed by atoms with Gasteiger partial charge in [-0.1, -0.05) is 0 Å². The monoisotopic (exact) mass is 344 g/mol. The van der Waals surface area contributed by atoms with E-state index in [1.54, 1.807) is 6.07 Å². The molecule has 0 aromatic heterocycles. The average Bonchev–Trinajstić information content (AvgIpc) is 2.84. The Morgan fingerprint density at radius 2 is 2.21 bits per heavy atom. The predicted molar refractivity (Wildman–Crippen MR) is 79.0 cm³/mol. The van der Waals surface area contributed by atoms with Crippen LogP contribution in [0.1, 0.15) is 16.8 Å². The van der Waals surface area contributed by atoms with Crippen LogP contribution in [0.2, 0.25) is 0 Å². The van der Waals surface area contributed by atoms with E-state index in [4.69, 9.17) is 5.11 Å². The SMILES string of the molecule is O=C(Nc1ccc(C(=O)O)cc1Br)NC1CCSC1. The van der Waals surface area contributed by atoms with Crippen molar-refractivity contribution >= 4 is 45.4 Å². The molecular formula is C12H13BrN2O3S. The number of carboxylic acid groups (broad SMARTS) is 1. The number of nitrogens with one attached hydrogen (secondary N) is 2. The number of carbonyl (C=O) groups excluding carboxylic acids is 1. The predicted octanol–water partition coefficient (Wildman–Crippen LogP) is 2.77. The lowest BCUT2D eigenvalue weighted by molar-refractivity contribution is 0.0697. The third-order valence-corrected chi connectivity index (χ3v) is 4.55. The molecule has 0 aliphatic carbocycles. The summed E-state index contributed by atoms with van der Waals surface area (Å²) in [5.41, 5.74) is 0.721. The molecule has 102 valence electrons. The van der Waals surface area contributed by atoms with E-state index in [0.717, 1.165) is 17.9 Å². The van der Waals surface area contributed by atoms with Gasteiger partial charge >= 0.3 is 12.0 Å². The van der Waals surface area contributed by atoms with Crippen molar-refractivity contribution in [1.82, 2.24) is 5.32 Å². The lowest BCUT2D eigenvalue weighted by atomic mass is 10.2. The van der Waals surface area contributed by atoms with Gasteiger partial charge in [-0.05, 0) is 46.3 Å². The molecule has 1 aromatic rings. The number of carboxylic acids is 1. The number of hydrogen-bond acceptors (Lipinski definition) is 3. The zero-order valence-electron chi connectivity index (χ0n) is 9.98. The number of rotatable bonds is 3. The van der Waals surface area contributed by atoms with Crippen LogP contribution in [0.15, 0.2) is 22.7 Å². The van der Waals surface area contributed by atoms with E-state index in [0.29, 0.717) is 10.2 Å². The van der Waals surface area contributed by atoms with Crippen LogP contribution in [-0.4, -0.2) is 34.7 Å². The van der Waals surface area contributed by atoms with E-state index in [2.05, 4.69) is 26.6 Å². The van der Waals surface area contributed by atoms with Gasteiger partial charge < -0.3 is 15.7 Å². The first-order chi connectivity index (χ1) is 9.06. The molecule has 1 saturated heterocycles. The summed E-state index contributed by atoms with van der Waals surface area (Å²) >= 11 is 5.07. The third-order valence-electron chi connectivity index (χ3n) is 2.73. The van der Waals surface area contributed by atoms with Crippen molar-refractivity contribution in [3.8, 4) is 0 Å². The normalized spacial score (nSPS) is 18.1. The lowest BCUT2D eigenvalue weighted by Gasteiger charge is -2.13. The second-order valence-corrected chi connectivity index (χ2v) is 6.16. The van der Waals surface area contributed by atoms with Crippen molar-refractivity contribution in [1.29, 1.82) is 0 Å². The van der Waals surface area contributed by atoms with Crippen LogP contribution in [0, 0.1) is 0 Å². The Balaban J connectivity index is 1.98. The van der Waals surface area contributed by atoms with E-state index in [1.165, 1.54) is 12.1 Å². The van der Waals surface area contributed by atoms with Crippen molar-refractivity contribution in [3.05, 3.63) is 28.2 Å². The summed E-state index contributed by atoms with van der Waals surface area (Å²) in [5, 5.41) is 14.4. The molecule has 0 spiro atoms. The molecule has 0 radical (unpaired) electrons. The standard InChI is InChI=1S/C12H13BrN2O3S/c13-9-5-7(11(16)17)1-2-10(9)15-12(18)14-8-3-4-19-6-8/h1-2,5,8H,3-4,6H2,(H,16,17)(H2,14,15,18).